The van der Waals surface area contributed by atoms with E-state index in [1.54, 1.807) is 0 Å². The fourth-order valence-corrected chi connectivity index (χ4v) is 5.60. The molecule has 3 aromatic carbocycles. The van der Waals surface area contributed by atoms with E-state index in [0.29, 0.717) is 0 Å². The molecule has 31 heavy (non-hydrogen) atoms. The number of aromatic nitrogens is 3. The summed E-state index contributed by atoms with van der Waals surface area (Å²) in [5.41, 5.74) is 6.66. The zero-order valence-electron chi connectivity index (χ0n) is 16.6. The van der Waals surface area contributed by atoms with Crippen LogP contribution in [0.1, 0.15) is 0 Å². The number of nitrogens with zero attached hydrogens (tertiary/aromatic N) is 3. The summed E-state index contributed by atoms with van der Waals surface area (Å²) in [7, 11) is 0. The van der Waals surface area contributed by atoms with E-state index in [-0.39, 0.29) is 0 Å². The van der Waals surface area contributed by atoms with Crippen LogP contribution in [0.4, 0.5) is 0 Å². The molecule has 0 fully saturated rings. The smallest absolute Gasteiger partial charge is 0.150 e. The standard InChI is InChI=1S/C27H17N3S/c1-4-13-23-19(8-1)17-24(31-23)18-9-7-10-20(16-18)30-22-12-3-2-11-21(22)26-27(30)29-15-6-5-14-25(29)28-26/h1-17H. The van der Waals surface area contributed by atoms with Crippen LogP contribution >= 0.6 is 11.3 Å². The number of hydrogen-bond acceptors (Lipinski definition) is 2. The van der Waals surface area contributed by atoms with Crippen molar-refractivity contribution in [2.75, 3.05) is 0 Å². The summed E-state index contributed by atoms with van der Waals surface area (Å²) in [5, 5.41) is 2.47. The van der Waals surface area contributed by atoms with Gasteiger partial charge in [-0.1, -0.05) is 54.6 Å². The molecule has 7 aromatic rings. The Hall–Kier alpha value is -3.89. The Morgan fingerprint density at radius 3 is 2.58 bits per heavy atom. The summed E-state index contributed by atoms with van der Waals surface area (Å²) in [6, 6.07) is 34.4. The van der Waals surface area contributed by atoms with Crippen molar-refractivity contribution < 1.29 is 0 Å². The molecule has 4 heteroatoms. The largest absolute Gasteiger partial charge is 0.294 e. The monoisotopic (exact) mass is 415 g/mol. The molecule has 0 aliphatic heterocycles. The molecular formula is C27H17N3S. The summed E-state index contributed by atoms with van der Waals surface area (Å²) >= 11 is 1.84. The number of benzene rings is 3. The first kappa shape index (κ1) is 16.9. The zero-order valence-corrected chi connectivity index (χ0v) is 17.4. The van der Waals surface area contributed by atoms with Gasteiger partial charge in [0.05, 0.1) is 5.52 Å². The van der Waals surface area contributed by atoms with Crippen LogP contribution in [0, 0.1) is 0 Å². The van der Waals surface area contributed by atoms with E-state index in [2.05, 4.69) is 106 Å². The minimum absolute atomic E-state index is 0.965. The van der Waals surface area contributed by atoms with Gasteiger partial charge in [0.25, 0.3) is 0 Å². The number of para-hydroxylation sites is 1. The zero-order chi connectivity index (χ0) is 20.4. The molecule has 4 heterocycles. The molecule has 0 radical (unpaired) electrons. The van der Waals surface area contributed by atoms with Gasteiger partial charge in [-0.15, -0.1) is 11.3 Å². The third-order valence-corrected chi connectivity index (χ3v) is 7.10. The predicted molar refractivity (Wildman–Crippen MR) is 130 cm³/mol. The van der Waals surface area contributed by atoms with Gasteiger partial charge in [0, 0.05) is 26.8 Å². The quantitative estimate of drug-likeness (QED) is 0.290. The molecule has 3 nitrogen and oxygen atoms in total. The summed E-state index contributed by atoms with van der Waals surface area (Å²) in [6.07, 6.45) is 2.09. The van der Waals surface area contributed by atoms with Crippen molar-refractivity contribution in [2.45, 2.75) is 0 Å². The number of pyridine rings is 1. The first-order chi connectivity index (χ1) is 15.4. The van der Waals surface area contributed by atoms with Gasteiger partial charge in [-0.3, -0.25) is 8.97 Å². The van der Waals surface area contributed by atoms with Crippen molar-refractivity contribution in [2.24, 2.45) is 0 Å². The maximum absolute atomic E-state index is 4.94. The van der Waals surface area contributed by atoms with Gasteiger partial charge in [0.1, 0.15) is 11.2 Å². The van der Waals surface area contributed by atoms with Crippen molar-refractivity contribution in [3.05, 3.63) is 103 Å². The number of hydrogen-bond donors (Lipinski definition) is 0. The highest BCUT2D eigenvalue weighted by Crippen LogP contribution is 2.36. The van der Waals surface area contributed by atoms with E-state index in [1.807, 2.05) is 17.4 Å². The topological polar surface area (TPSA) is 22.2 Å². The molecule has 0 spiro atoms. The molecule has 4 aromatic heterocycles. The Morgan fingerprint density at radius 2 is 1.61 bits per heavy atom. The average molecular weight is 416 g/mol. The predicted octanol–water partition coefficient (Wildman–Crippen LogP) is 7.31. The summed E-state index contributed by atoms with van der Waals surface area (Å²) < 4.78 is 5.83. The Balaban J connectivity index is 1.53. The van der Waals surface area contributed by atoms with Gasteiger partial charge in [0.15, 0.2) is 5.65 Å². The lowest BCUT2D eigenvalue weighted by Gasteiger charge is -2.09. The van der Waals surface area contributed by atoms with Crippen molar-refractivity contribution in [3.8, 4) is 16.1 Å². The Morgan fingerprint density at radius 1 is 0.742 bits per heavy atom. The summed E-state index contributed by atoms with van der Waals surface area (Å²) in [5.74, 6) is 0. The third-order valence-electron chi connectivity index (χ3n) is 5.93. The van der Waals surface area contributed by atoms with E-state index in [9.17, 15) is 0 Å². The second-order valence-electron chi connectivity index (χ2n) is 7.76. The summed E-state index contributed by atoms with van der Waals surface area (Å²) in [4.78, 5) is 6.23. The lowest BCUT2D eigenvalue weighted by atomic mass is 10.1. The molecular weight excluding hydrogens is 398 g/mol. The molecule has 7 rings (SSSR count). The van der Waals surface area contributed by atoms with Gasteiger partial charge in [-0.25, -0.2) is 4.98 Å². The fraction of sp³-hybridized carbons (Fsp3) is 0. The highest BCUT2D eigenvalue weighted by molar-refractivity contribution is 7.22. The molecule has 0 amide bonds. The highest BCUT2D eigenvalue weighted by Gasteiger charge is 2.18. The van der Waals surface area contributed by atoms with Crippen LogP contribution in [0.2, 0.25) is 0 Å². The van der Waals surface area contributed by atoms with Gasteiger partial charge in [0.2, 0.25) is 0 Å². The van der Waals surface area contributed by atoms with Crippen LogP contribution in [-0.2, 0) is 0 Å². The van der Waals surface area contributed by atoms with Crippen LogP contribution in [0.5, 0.6) is 0 Å². The van der Waals surface area contributed by atoms with Gasteiger partial charge in [-0.05, 0) is 53.4 Å². The molecule has 0 N–H and O–H groups in total. The van der Waals surface area contributed by atoms with Crippen LogP contribution in [0.25, 0.3) is 53.9 Å². The first-order valence-corrected chi connectivity index (χ1v) is 11.1. The Kier molecular flexibility index (Phi) is 3.43. The van der Waals surface area contributed by atoms with E-state index in [1.165, 1.54) is 31.4 Å². The molecule has 0 aliphatic rings. The molecule has 0 atom stereocenters. The van der Waals surface area contributed by atoms with Crippen molar-refractivity contribution >= 4 is 49.1 Å². The maximum atomic E-state index is 4.94. The second-order valence-corrected chi connectivity index (χ2v) is 8.85. The molecule has 0 unspecified atom stereocenters. The molecule has 0 bridgehead atoms. The van der Waals surface area contributed by atoms with Gasteiger partial charge in [-0.2, -0.15) is 0 Å². The minimum atomic E-state index is 0.965. The second kappa shape index (κ2) is 6.30. The summed E-state index contributed by atoms with van der Waals surface area (Å²) in [6.45, 7) is 0. The normalized spacial score (nSPS) is 11.9. The number of rotatable bonds is 2. The fourth-order valence-electron chi connectivity index (χ4n) is 4.54. The lowest BCUT2D eigenvalue weighted by molar-refractivity contribution is 1.09. The van der Waals surface area contributed by atoms with Crippen LogP contribution in [0.15, 0.2) is 103 Å². The van der Waals surface area contributed by atoms with Crippen LogP contribution in [-0.4, -0.2) is 14.0 Å². The minimum Gasteiger partial charge on any atom is -0.294 e. The van der Waals surface area contributed by atoms with E-state index in [4.69, 9.17) is 4.98 Å². The highest BCUT2D eigenvalue weighted by atomic mass is 32.1. The molecule has 146 valence electrons. The molecule has 0 saturated heterocycles. The average Bonchev–Trinajstić information content (AvgIpc) is 3.50. The maximum Gasteiger partial charge on any atom is 0.150 e. The number of imidazole rings is 1. The Labute approximate surface area is 182 Å². The number of fused-ring (bicyclic) bond motifs is 6. The van der Waals surface area contributed by atoms with Crippen molar-refractivity contribution in [1.82, 2.24) is 14.0 Å². The lowest BCUT2D eigenvalue weighted by Crippen LogP contribution is -1.97. The van der Waals surface area contributed by atoms with E-state index in [0.717, 1.165) is 22.5 Å². The Bertz CT molecular complexity index is 1710. The van der Waals surface area contributed by atoms with Gasteiger partial charge >= 0.3 is 0 Å². The van der Waals surface area contributed by atoms with Crippen LogP contribution < -0.4 is 0 Å². The third kappa shape index (κ3) is 2.43. The van der Waals surface area contributed by atoms with Crippen molar-refractivity contribution in [3.63, 3.8) is 0 Å². The molecule has 0 aliphatic carbocycles. The molecule has 0 saturated carbocycles. The van der Waals surface area contributed by atoms with E-state index < -0.39 is 0 Å². The number of thiophene rings is 1. The van der Waals surface area contributed by atoms with E-state index >= 15 is 0 Å². The van der Waals surface area contributed by atoms with Crippen molar-refractivity contribution in [1.29, 1.82) is 0 Å². The van der Waals surface area contributed by atoms with Gasteiger partial charge < -0.3 is 0 Å². The van der Waals surface area contributed by atoms with Crippen LogP contribution in [0.3, 0.4) is 0 Å². The SMILES string of the molecule is c1cc(-c2cc3ccccc3s2)cc(-n2c3ccccc3c3nc4ccccn4c32)c1. The first-order valence-electron chi connectivity index (χ1n) is 10.3.